The smallest absolute Gasteiger partial charge is 0.302 e. The Morgan fingerprint density at radius 3 is 1.82 bits per heavy atom. The van der Waals surface area contributed by atoms with Crippen LogP contribution in [0.15, 0.2) is 91.0 Å². The zero-order valence-electron chi connectivity index (χ0n) is 18.8. The second-order valence-electron chi connectivity index (χ2n) is 8.08. The summed E-state index contributed by atoms with van der Waals surface area (Å²) in [5.74, 6) is -1.25. The van der Waals surface area contributed by atoms with Gasteiger partial charge in [0.05, 0.1) is 6.04 Å². The lowest BCUT2D eigenvalue weighted by molar-refractivity contribution is -0.142. The Balaban J connectivity index is 1.76. The summed E-state index contributed by atoms with van der Waals surface area (Å²) < 4.78 is 5.20. The zero-order chi connectivity index (χ0) is 23.5. The summed E-state index contributed by atoms with van der Waals surface area (Å²) >= 11 is 0. The first-order chi connectivity index (χ1) is 16.0. The van der Waals surface area contributed by atoms with E-state index in [2.05, 4.69) is 5.32 Å². The summed E-state index contributed by atoms with van der Waals surface area (Å²) in [6, 6.07) is 28.0. The van der Waals surface area contributed by atoms with Gasteiger partial charge in [0.2, 0.25) is 5.91 Å². The lowest BCUT2D eigenvalue weighted by atomic mass is 9.91. The fourth-order valence-electron chi connectivity index (χ4n) is 3.71. The number of Topliss-reactive ketones (excluding diaryl/α,β-unsaturated/α-hetero) is 1. The van der Waals surface area contributed by atoms with Crippen molar-refractivity contribution in [1.29, 1.82) is 0 Å². The highest BCUT2D eigenvalue weighted by Gasteiger charge is 2.26. The molecule has 3 rings (SSSR count). The molecule has 0 unspecified atom stereocenters. The molecule has 0 fully saturated rings. The third-order valence-electron chi connectivity index (χ3n) is 5.38. The Bertz CT molecular complexity index is 1040. The van der Waals surface area contributed by atoms with Crippen LogP contribution in [-0.4, -0.2) is 30.3 Å². The molecule has 33 heavy (non-hydrogen) atoms. The number of nitrogens with one attached hydrogen (secondary N) is 1. The van der Waals surface area contributed by atoms with Crippen LogP contribution in [-0.2, 0) is 27.2 Å². The molecule has 5 nitrogen and oxygen atoms in total. The molecule has 1 N–H and O–H groups in total. The average molecular weight is 444 g/mol. The number of ketones is 1. The predicted octanol–water partition coefficient (Wildman–Crippen LogP) is 4.41. The van der Waals surface area contributed by atoms with Crippen LogP contribution >= 0.6 is 0 Å². The molecule has 2 atom stereocenters. The van der Waals surface area contributed by atoms with Crippen molar-refractivity contribution in [1.82, 2.24) is 5.32 Å². The molecule has 0 bridgehead atoms. The van der Waals surface area contributed by atoms with Crippen LogP contribution in [0.2, 0.25) is 0 Å². The van der Waals surface area contributed by atoms with E-state index in [4.69, 9.17) is 4.74 Å². The number of ether oxygens (including phenoxy) is 1. The van der Waals surface area contributed by atoms with E-state index >= 15 is 0 Å². The minimum absolute atomic E-state index is 0.0701. The van der Waals surface area contributed by atoms with Crippen LogP contribution < -0.4 is 5.32 Å². The van der Waals surface area contributed by atoms with Crippen molar-refractivity contribution in [2.24, 2.45) is 5.92 Å². The standard InChI is InChI=1S/C28H29NO4/c1-21(30)33-20-26(18-23-13-7-3-8-14-23)29-28(32)25(17-22-11-5-2-6-12-22)19-27(31)24-15-9-4-10-16-24/h2-16,25-26H,17-20H2,1H3,(H,29,32)/t25-,26-/m1/s1. The Morgan fingerprint density at radius 2 is 1.27 bits per heavy atom. The molecule has 5 heteroatoms. The molecule has 0 aliphatic rings. The number of hydrogen-bond donors (Lipinski definition) is 1. The molecule has 3 aromatic rings. The van der Waals surface area contributed by atoms with E-state index < -0.39 is 17.9 Å². The Labute approximate surface area is 194 Å². The molecular weight excluding hydrogens is 414 g/mol. The van der Waals surface area contributed by atoms with Gasteiger partial charge in [0.1, 0.15) is 6.61 Å². The van der Waals surface area contributed by atoms with Gasteiger partial charge in [-0.15, -0.1) is 0 Å². The summed E-state index contributed by atoms with van der Waals surface area (Å²) in [4.78, 5) is 37.6. The third kappa shape index (κ3) is 8.04. The van der Waals surface area contributed by atoms with Crippen LogP contribution in [0.1, 0.15) is 34.8 Å². The topological polar surface area (TPSA) is 72.5 Å². The van der Waals surface area contributed by atoms with E-state index in [1.807, 2.05) is 78.9 Å². The lowest BCUT2D eigenvalue weighted by Crippen LogP contribution is -2.44. The maximum absolute atomic E-state index is 13.4. The number of carbonyl (C=O) groups excluding carboxylic acids is 3. The lowest BCUT2D eigenvalue weighted by Gasteiger charge is -2.23. The molecular formula is C28H29NO4. The summed E-state index contributed by atoms with van der Waals surface area (Å²) in [6.07, 6.45) is 1.05. The van der Waals surface area contributed by atoms with E-state index in [1.165, 1.54) is 6.92 Å². The number of carbonyl (C=O) groups is 3. The molecule has 3 aromatic carbocycles. The maximum atomic E-state index is 13.4. The van der Waals surface area contributed by atoms with E-state index in [1.54, 1.807) is 12.1 Å². The molecule has 0 heterocycles. The Morgan fingerprint density at radius 1 is 0.758 bits per heavy atom. The molecule has 0 aliphatic heterocycles. The highest BCUT2D eigenvalue weighted by molar-refractivity contribution is 5.98. The second kappa shape index (κ2) is 12.3. The monoisotopic (exact) mass is 443 g/mol. The quantitative estimate of drug-likeness (QED) is 0.352. The van der Waals surface area contributed by atoms with E-state index in [0.717, 1.165) is 11.1 Å². The van der Waals surface area contributed by atoms with Gasteiger partial charge in [-0.05, 0) is 24.0 Å². The van der Waals surface area contributed by atoms with E-state index in [-0.39, 0.29) is 24.7 Å². The normalized spacial score (nSPS) is 12.4. The summed E-state index contributed by atoms with van der Waals surface area (Å²) in [5, 5.41) is 3.03. The molecule has 0 saturated heterocycles. The zero-order valence-corrected chi connectivity index (χ0v) is 18.8. The van der Waals surface area contributed by atoms with Crippen LogP contribution in [0.25, 0.3) is 0 Å². The molecule has 1 amide bonds. The highest BCUT2D eigenvalue weighted by Crippen LogP contribution is 2.17. The number of hydrogen-bond acceptors (Lipinski definition) is 4. The molecule has 0 spiro atoms. The van der Waals surface area contributed by atoms with Crippen molar-refractivity contribution in [3.63, 3.8) is 0 Å². The first-order valence-corrected chi connectivity index (χ1v) is 11.1. The van der Waals surface area contributed by atoms with Crippen LogP contribution in [0, 0.1) is 5.92 Å². The van der Waals surface area contributed by atoms with Gasteiger partial charge in [0.25, 0.3) is 0 Å². The summed E-state index contributed by atoms with van der Waals surface area (Å²) in [6.45, 7) is 1.42. The Kier molecular flexibility index (Phi) is 8.95. The van der Waals surface area contributed by atoms with E-state index in [9.17, 15) is 14.4 Å². The number of benzene rings is 3. The van der Waals surface area contributed by atoms with Crippen LogP contribution in [0.5, 0.6) is 0 Å². The average Bonchev–Trinajstić information content (AvgIpc) is 2.84. The first kappa shape index (κ1) is 23.9. The fourth-order valence-corrected chi connectivity index (χ4v) is 3.71. The van der Waals surface area contributed by atoms with Gasteiger partial charge in [-0.25, -0.2) is 0 Å². The van der Waals surface area contributed by atoms with Crippen molar-refractivity contribution < 1.29 is 19.1 Å². The summed E-state index contributed by atoms with van der Waals surface area (Å²) in [7, 11) is 0. The largest absolute Gasteiger partial charge is 0.464 e. The molecule has 170 valence electrons. The van der Waals surface area contributed by atoms with Crippen molar-refractivity contribution in [3.05, 3.63) is 108 Å². The first-order valence-electron chi connectivity index (χ1n) is 11.1. The molecule has 0 aliphatic carbocycles. The maximum Gasteiger partial charge on any atom is 0.302 e. The predicted molar refractivity (Wildman–Crippen MR) is 128 cm³/mol. The minimum atomic E-state index is -0.546. The fraction of sp³-hybridized carbons (Fsp3) is 0.250. The molecule has 0 saturated carbocycles. The van der Waals surface area contributed by atoms with Gasteiger partial charge in [-0.1, -0.05) is 91.0 Å². The van der Waals surface area contributed by atoms with Gasteiger partial charge in [0, 0.05) is 24.8 Å². The van der Waals surface area contributed by atoms with Gasteiger partial charge in [0.15, 0.2) is 5.78 Å². The number of rotatable bonds is 11. The summed E-state index contributed by atoms with van der Waals surface area (Å²) in [5.41, 5.74) is 2.59. The van der Waals surface area contributed by atoms with Crippen molar-refractivity contribution in [3.8, 4) is 0 Å². The second-order valence-corrected chi connectivity index (χ2v) is 8.08. The third-order valence-corrected chi connectivity index (χ3v) is 5.38. The minimum Gasteiger partial charge on any atom is -0.464 e. The van der Waals surface area contributed by atoms with Gasteiger partial charge in [-0.2, -0.15) is 0 Å². The van der Waals surface area contributed by atoms with E-state index in [0.29, 0.717) is 18.4 Å². The number of amides is 1. The van der Waals surface area contributed by atoms with Crippen LogP contribution in [0.4, 0.5) is 0 Å². The van der Waals surface area contributed by atoms with Gasteiger partial charge >= 0.3 is 5.97 Å². The molecule has 0 aromatic heterocycles. The number of esters is 1. The van der Waals surface area contributed by atoms with Crippen molar-refractivity contribution in [2.75, 3.05) is 6.61 Å². The van der Waals surface area contributed by atoms with Crippen molar-refractivity contribution in [2.45, 2.75) is 32.2 Å². The van der Waals surface area contributed by atoms with Crippen LogP contribution in [0.3, 0.4) is 0 Å². The Hall–Kier alpha value is -3.73. The SMILES string of the molecule is CC(=O)OC[C@@H](Cc1ccccc1)NC(=O)[C@@H](CC(=O)c1ccccc1)Cc1ccccc1. The molecule has 0 radical (unpaired) electrons. The van der Waals surface area contributed by atoms with Gasteiger partial charge in [-0.3, -0.25) is 14.4 Å². The van der Waals surface area contributed by atoms with Crippen molar-refractivity contribution >= 4 is 17.7 Å². The highest BCUT2D eigenvalue weighted by atomic mass is 16.5. The van der Waals surface area contributed by atoms with Gasteiger partial charge < -0.3 is 10.1 Å².